The number of hydrogen-bond acceptors (Lipinski definition) is 5. The van der Waals surface area contributed by atoms with E-state index in [1.807, 2.05) is 24.3 Å². The summed E-state index contributed by atoms with van der Waals surface area (Å²) in [5, 5.41) is 1.74. The van der Waals surface area contributed by atoms with Crippen molar-refractivity contribution < 1.29 is 0 Å². The van der Waals surface area contributed by atoms with Crippen LogP contribution in [0.4, 0.5) is 5.82 Å². The Kier molecular flexibility index (Phi) is 2.61. The third-order valence-electron chi connectivity index (χ3n) is 2.70. The Hall–Kier alpha value is -1.79. The van der Waals surface area contributed by atoms with Gasteiger partial charge < -0.3 is 11.5 Å². The van der Waals surface area contributed by atoms with E-state index in [2.05, 4.69) is 30.9 Å². The second kappa shape index (κ2) is 4.15. The molecule has 18 heavy (non-hydrogen) atoms. The van der Waals surface area contributed by atoms with Gasteiger partial charge in [-0.25, -0.2) is 15.0 Å². The number of anilines is 1. The van der Waals surface area contributed by atoms with Gasteiger partial charge in [0.1, 0.15) is 11.6 Å². The predicted molar refractivity (Wildman–Crippen MR) is 74.8 cm³/mol. The fraction of sp³-hybridized carbons (Fsp3) is 0.0833. The van der Waals surface area contributed by atoms with Crippen molar-refractivity contribution in [2.24, 2.45) is 5.73 Å². The van der Waals surface area contributed by atoms with E-state index in [0.29, 0.717) is 17.3 Å². The summed E-state index contributed by atoms with van der Waals surface area (Å²) in [7, 11) is 0. The molecule has 2 aromatic heterocycles. The van der Waals surface area contributed by atoms with Gasteiger partial charge in [-0.2, -0.15) is 0 Å². The highest BCUT2D eigenvalue weighted by Crippen LogP contribution is 2.24. The molecule has 0 atom stereocenters. The maximum atomic E-state index is 5.90. The molecule has 0 aliphatic carbocycles. The summed E-state index contributed by atoms with van der Waals surface area (Å²) in [6, 6.07) is 7.80. The number of nitrogens with zero attached hydrogens (tertiary/aromatic N) is 3. The lowest BCUT2D eigenvalue weighted by atomic mass is 10.2. The van der Waals surface area contributed by atoms with Crippen molar-refractivity contribution in [3.63, 3.8) is 0 Å². The Morgan fingerprint density at radius 1 is 1.11 bits per heavy atom. The number of fused-ring (bicyclic) bond motifs is 2. The van der Waals surface area contributed by atoms with Gasteiger partial charge in [0.25, 0.3) is 0 Å². The molecule has 2 heterocycles. The van der Waals surface area contributed by atoms with Gasteiger partial charge in [0, 0.05) is 9.86 Å². The van der Waals surface area contributed by atoms with Gasteiger partial charge in [0.15, 0.2) is 5.65 Å². The highest BCUT2D eigenvalue weighted by molar-refractivity contribution is 9.10. The van der Waals surface area contributed by atoms with Crippen LogP contribution in [0.2, 0.25) is 0 Å². The molecule has 0 saturated carbocycles. The Balaban J connectivity index is 2.41. The van der Waals surface area contributed by atoms with Crippen LogP contribution in [0.5, 0.6) is 0 Å². The fourth-order valence-electron chi connectivity index (χ4n) is 1.85. The molecule has 3 aromatic rings. The minimum absolute atomic E-state index is 0.250. The Bertz CT molecular complexity index is 756. The molecule has 0 aliphatic heterocycles. The lowest BCUT2D eigenvalue weighted by Crippen LogP contribution is -2.06. The molecule has 6 heteroatoms. The van der Waals surface area contributed by atoms with Crippen LogP contribution in [0.25, 0.3) is 21.9 Å². The van der Waals surface area contributed by atoms with Gasteiger partial charge >= 0.3 is 0 Å². The quantitative estimate of drug-likeness (QED) is 0.671. The molecule has 0 fully saturated rings. The van der Waals surface area contributed by atoms with Gasteiger partial charge in [0.2, 0.25) is 0 Å². The molecular formula is C12H10BrN5. The van der Waals surface area contributed by atoms with Gasteiger partial charge in [-0.3, -0.25) is 0 Å². The summed E-state index contributed by atoms with van der Waals surface area (Å²) in [6.07, 6.45) is 0. The van der Waals surface area contributed by atoms with Crippen molar-refractivity contribution in [3.8, 4) is 0 Å². The average Bonchev–Trinajstić information content (AvgIpc) is 2.37. The van der Waals surface area contributed by atoms with Crippen molar-refractivity contribution in [2.45, 2.75) is 6.54 Å². The average molecular weight is 304 g/mol. The minimum atomic E-state index is 0.250. The number of halogens is 1. The summed E-state index contributed by atoms with van der Waals surface area (Å²) in [5.41, 5.74) is 12.9. The van der Waals surface area contributed by atoms with Crippen molar-refractivity contribution in [1.82, 2.24) is 15.0 Å². The maximum absolute atomic E-state index is 5.90. The van der Waals surface area contributed by atoms with E-state index in [9.17, 15) is 0 Å². The van der Waals surface area contributed by atoms with Gasteiger partial charge in [-0.15, -0.1) is 0 Å². The summed E-state index contributed by atoms with van der Waals surface area (Å²) < 4.78 is 0.995. The van der Waals surface area contributed by atoms with Crippen LogP contribution in [0.3, 0.4) is 0 Å². The van der Waals surface area contributed by atoms with Crippen LogP contribution in [0.1, 0.15) is 5.82 Å². The first-order valence-corrected chi connectivity index (χ1v) is 6.19. The van der Waals surface area contributed by atoms with Gasteiger partial charge in [0.05, 0.1) is 17.4 Å². The molecule has 0 saturated heterocycles. The van der Waals surface area contributed by atoms with E-state index in [1.165, 1.54) is 0 Å². The van der Waals surface area contributed by atoms with Gasteiger partial charge in [-0.05, 0) is 24.3 Å². The summed E-state index contributed by atoms with van der Waals surface area (Å²) >= 11 is 3.43. The van der Waals surface area contributed by atoms with E-state index >= 15 is 0 Å². The summed E-state index contributed by atoms with van der Waals surface area (Å²) in [6.45, 7) is 0.250. The predicted octanol–water partition coefficient (Wildman–Crippen LogP) is 1.98. The molecule has 90 valence electrons. The molecule has 4 N–H and O–H groups in total. The Morgan fingerprint density at radius 3 is 2.72 bits per heavy atom. The molecule has 0 bridgehead atoms. The van der Waals surface area contributed by atoms with E-state index in [0.717, 1.165) is 20.8 Å². The number of pyridine rings is 1. The lowest BCUT2D eigenvalue weighted by Gasteiger charge is -2.05. The molecule has 0 aliphatic rings. The van der Waals surface area contributed by atoms with Crippen molar-refractivity contribution in [3.05, 3.63) is 34.6 Å². The summed E-state index contributed by atoms with van der Waals surface area (Å²) in [4.78, 5) is 12.9. The Labute approximate surface area is 111 Å². The number of hydrogen-bond donors (Lipinski definition) is 2. The highest BCUT2D eigenvalue weighted by Gasteiger charge is 2.07. The maximum Gasteiger partial charge on any atom is 0.165 e. The molecule has 0 unspecified atom stereocenters. The monoisotopic (exact) mass is 303 g/mol. The van der Waals surface area contributed by atoms with Crippen LogP contribution in [-0.4, -0.2) is 15.0 Å². The zero-order valence-corrected chi connectivity index (χ0v) is 11.0. The second-order valence-corrected chi connectivity index (χ2v) is 4.84. The Morgan fingerprint density at radius 2 is 1.94 bits per heavy atom. The number of nitrogen functional groups attached to an aromatic ring is 1. The number of aromatic nitrogens is 3. The molecule has 0 amide bonds. The molecule has 0 spiro atoms. The van der Waals surface area contributed by atoms with E-state index in [-0.39, 0.29) is 6.54 Å². The smallest absolute Gasteiger partial charge is 0.165 e. The number of nitrogens with two attached hydrogens (primary N) is 2. The van der Waals surface area contributed by atoms with E-state index in [1.54, 1.807) is 0 Å². The molecule has 5 nitrogen and oxygen atoms in total. The molecule has 1 aromatic carbocycles. The van der Waals surface area contributed by atoms with Crippen molar-refractivity contribution in [2.75, 3.05) is 5.73 Å². The SMILES string of the molecule is NCc1nc(N)c2cc3cc(Br)ccc3nc2n1. The largest absolute Gasteiger partial charge is 0.383 e. The zero-order chi connectivity index (χ0) is 12.7. The van der Waals surface area contributed by atoms with Crippen LogP contribution in [0.15, 0.2) is 28.7 Å². The third kappa shape index (κ3) is 1.79. The van der Waals surface area contributed by atoms with Gasteiger partial charge in [-0.1, -0.05) is 15.9 Å². The number of benzene rings is 1. The van der Waals surface area contributed by atoms with Crippen molar-refractivity contribution in [1.29, 1.82) is 0 Å². The second-order valence-electron chi connectivity index (χ2n) is 3.93. The van der Waals surface area contributed by atoms with Crippen LogP contribution < -0.4 is 11.5 Å². The standard InChI is InChI=1S/C12H10BrN5/c13-7-1-2-9-6(3-7)4-8-11(15)17-10(5-14)18-12(8)16-9/h1-4H,5,14H2,(H2,15,16,17,18). The van der Waals surface area contributed by atoms with Crippen molar-refractivity contribution >= 4 is 43.7 Å². The normalized spacial score (nSPS) is 11.2. The van der Waals surface area contributed by atoms with Crippen LogP contribution in [-0.2, 0) is 6.54 Å². The fourth-order valence-corrected chi connectivity index (χ4v) is 2.23. The number of rotatable bonds is 1. The highest BCUT2D eigenvalue weighted by atomic mass is 79.9. The van der Waals surface area contributed by atoms with E-state index < -0.39 is 0 Å². The first-order chi connectivity index (χ1) is 8.67. The molecule has 3 rings (SSSR count). The van der Waals surface area contributed by atoms with Crippen LogP contribution in [0, 0.1) is 0 Å². The topological polar surface area (TPSA) is 90.7 Å². The summed E-state index contributed by atoms with van der Waals surface area (Å²) in [5.74, 6) is 0.916. The third-order valence-corrected chi connectivity index (χ3v) is 3.19. The van der Waals surface area contributed by atoms with Crippen LogP contribution >= 0.6 is 15.9 Å². The van der Waals surface area contributed by atoms with E-state index in [4.69, 9.17) is 11.5 Å². The zero-order valence-electron chi connectivity index (χ0n) is 9.39. The lowest BCUT2D eigenvalue weighted by molar-refractivity contribution is 0.926. The molecular weight excluding hydrogens is 294 g/mol. The minimum Gasteiger partial charge on any atom is -0.383 e. The molecule has 0 radical (unpaired) electrons. The first kappa shape index (κ1) is 11.3. The first-order valence-electron chi connectivity index (χ1n) is 5.40.